The average Bonchev–Trinajstić information content (AvgIpc) is 2.66. The van der Waals surface area contributed by atoms with Crippen molar-refractivity contribution in [2.75, 3.05) is 31.2 Å². The standard InChI is InChI=1S/C13H12BrN3O.C8H4BrClN2/c14-10-1-2-11-9(3-10)4-15-12(16-11)17-5-13(6-17)7-18-8-13;9-6-1-2-7-5(3-6)4-11-8(10)12-7/h1-4H,5-8H2;1-4H. The molecule has 9 heteroatoms. The van der Waals surface area contributed by atoms with E-state index in [9.17, 15) is 0 Å². The highest BCUT2D eigenvalue weighted by Crippen LogP contribution is 2.39. The van der Waals surface area contributed by atoms with Crippen molar-refractivity contribution in [3.63, 3.8) is 0 Å². The van der Waals surface area contributed by atoms with E-state index in [1.165, 1.54) is 0 Å². The minimum atomic E-state index is 0.282. The molecule has 0 unspecified atom stereocenters. The van der Waals surface area contributed by atoms with Gasteiger partial charge in [0, 0.05) is 45.2 Å². The number of benzene rings is 2. The van der Waals surface area contributed by atoms with E-state index in [1.807, 2.05) is 42.6 Å². The molecule has 4 heterocycles. The first-order chi connectivity index (χ1) is 14.5. The first-order valence-electron chi connectivity index (χ1n) is 9.33. The topological polar surface area (TPSA) is 64.0 Å². The van der Waals surface area contributed by atoms with Crippen LogP contribution in [0.25, 0.3) is 21.8 Å². The van der Waals surface area contributed by atoms with Crippen molar-refractivity contribution >= 4 is 71.2 Å². The lowest BCUT2D eigenvalue weighted by Crippen LogP contribution is -2.66. The van der Waals surface area contributed by atoms with Crippen LogP contribution in [0, 0.1) is 5.41 Å². The molecule has 2 aromatic carbocycles. The molecule has 0 atom stereocenters. The van der Waals surface area contributed by atoms with Gasteiger partial charge < -0.3 is 9.64 Å². The highest BCUT2D eigenvalue weighted by atomic mass is 79.9. The summed E-state index contributed by atoms with van der Waals surface area (Å²) in [5.74, 6) is 0.836. The molecule has 0 N–H and O–H groups in total. The molecule has 2 fully saturated rings. The quantitative estimate of drug-likeness (QED) is 0.301. The molecule has 0 bridgehead atoms. The summed E-state index contributed by atoms with van der Waals surface area (Å²) in [4.78, 5) is 19.2. The Bertz CT molecular complexity index is 1200. The predicted octanol–water partition coefficient (Wildman–Crippen LogP) is 5.27. The zero-order valence-corrected chi connectivity index (χ0v) is 19.7. The lowest BCUT2D eigenvalue weighted by atomic mass is 9.78. The van der Waals surface area contributed by atoms with Crippen LogP contribution in [0.4, 0.5) is 5.95 Å². The molecule has 152 valence electrons. The summed E-state index contributed by atoms with van der Waals surface area (Å²) in [5, 5.41) is 2.33. The molecule has 1 spiro atoms. The van der Waals surface area contributed by atoms with E-state index < -0.39 is 0 Å². The summed E-state index contributed by atoms with van der Waals surface area (Å²) in [6.45, 7) is 3.83. The van der Waals surface area contributed by atoms with Gasteiger partial charge in [0.2, 0.25) is 11.2 Å². The van der Waals surface area contributed by atoms with Gasteiger partial charge in [-0.3, -0.25) is 0 Å². The summed E-state index contributed by atoms with van der Waals surface area (Å²) in [6.07, 6.45) is 3.60. The molecule has 4 aromatic rings. The van der Waals surface area contributed by atoms with Gasteiger partial charge in [-0.15, -0.1) is 0 Å². The fourth-order valence-electron chi connectivity index (χ4n) is 3.61. The second kappa shape index (κ2) is 8.00. The second-order valence-corrected chi connectivity index (χ2v) is 9.73. The Morgan fingerprint density at radius 3 is 2.07 bits per heavy atom. The molecule has 2 aliphatic rings. The first kappa shape index (κ1) is 20.1. The van der Waals surface area contributed by atoms with Crippen LogP contribution in [0.1, 0.15) is 0 Å². The van der Waals surface area contributed by atoms with Gasteiger partial charge in [-0.25, -0.2) is 19.9 Å². The number of hydrogen-bond acceptors (Lipinski definition) is 6. The lowest BCUT2D eigenvalue weighted by molar-refractivity contribution is -0.127. The van der Waals surface area contributed by atoms with E-state index in [-0.39, 0.29) is 5.28 Å². The van der Waals surface area contributed by atoms with Crippen LogP contribution in [-0.4, -0.2) is 46.2 Å². The molecule has 0 aliphatic carbocycles. The van der Waals surface area contributed by atoms with Crippen LogP contribution in [0.15, 0.2) is 57.7 Å². The largest absolute Gasteiger partial charge is 0.380 e. The summed E-state index contributed by atoms with van der Waals surface area (Å²) < 4.78 is 7.35. The highest BCUT2D eigenvalue weighted by molar-refractivity contribution is 9.10. The molecular weight excluding hydrogens is 534 g/mol. The van der Waals surface area contributed by atoms with E-state index in [2.05, 4.69) is 56.7 Å². The fourth-order valence-corrected chi connectivity index (χ4v) is 4.50. The minimum Gasteiger partial charge on any atom is -0.380 e. The number of hydrogen-bond donors (Lipinski definition) is 0. The van der Waals surface area contributed by atoms with Gasteiger partial charge in [0.1, 0.15) is 0 Å². The Morgan fingerprint density at radius 2 is 1.47 bits per heavy atom. The molecule has 0 saturated carbocycles. The number of halogens is 3. The summed E-state index contributed by atoms with van der Waals surface area (Å²) in [6, 6.07) is 11.8. The van der Waals surface area contributed by atoms with Crippen molar-refractivity contribution in [2.45, 2.75) is 0 Å². The van der Waals surface area contributed by atoms with Crippen LogP contribution < -0.4 is 4.90 Å². The summed E-state index contributed by atoms with van der Waals surface area (Å²) in [7, 11) is 0. The third-order valence-electron chi connectivity index (χ3n) is 5.19. The molecule has 0 radical (unpaired) electrons. The number of ether oxygens (including phenoxy) is 1. The average molecular weight is 550 g/mol. The Kier molecular flexibility index (Phi) is 5.35. The van der Waals surface area contributed by atoms with Gasteiger partial charge in [0.05, 0.1) is 29.7 Å². The van der Waals surface area contributed by atoms with Gasteiger partial charge >= 0.3 is 0 Å². The lowest BCUT2D eigenvalue weighted by Gasteiger charge is -2.54. The summed E-state index contributed by atoms with van der Waals surface area (Å²) >= 11 is 12.4. The smallest absolute Gasteiger partial charge is 0.225 e. The number of rotatable bonds is 1. The number of fused-ring (bicyclic) bond motifs is 2. The van der Waals surface area contributed by atoms with Gasteiger partial charge in [-0.2, -0.15) is 0 Å². The van der Waals surface area contributed by atoms with Crippen LogP contribution >= 0.6 is 43.5 Å². The van der Waals surface area contributed by atoms with Crippen molar-refractivity contribution < 1.29 is 4.74 Å². The zero-order chi connectivity index (χ0) is 20.7. The van der Waals surface area contributed by atoms with Crippen molar-refractivity contribution in [1.82, 2.24) is 19.9 Å². The molecule has 6 nitrogen and oxygen atoms in total. The molecule has 2 aliphatic heterocycles. The molecule has 0 amide bonds. The SMILES string of the molecule is Brc1ccc2nc(N3CC4(COC4)C3)ncc2c1.Clc1ncc2cc(Br)ccc2n1. The molecule has 2 aromatic heterocycles. The van der Waals surface area contributed by atoms with E-state index in [1.54, 1.807) is 6.20 Å². The van der Waals surface area contributed by atoms with E-state index in [4.69, 9.17) is 16.3 Å². The number of aromatic nitrogens is 4. The van der Waals surface area contributed by atoms with Crippen LogP contribution in [0.3, 0.4) is 0 Å². The maximum atomic E-state index is 5.62. The van der Waals surface area contributed by atoms with E-state index in [0.29, 0.717) is 5.41 Å². The second-order valence-electron chi connectivity index (χ2n) is 7.56. The Balaban J connectivity index is 0.000000140. The Hall–Kier alpha value is -1.87. The number of anilines is 1. The zero-order valence-electron chi connectivity index (χ0n) is 15.7. The Labute approximate surface area is 194 Å². The predicted molar refractivity (Wildman–Crippen MR) is 125 cm³/mol. The van der Waals surface area contributed by atoms with Gasteiger partial charge in [0.15, 0.2) is 0 Å². The van der Waals surface area contributed by atoms with Gasteiger partial charge in [-0.05, 0) is 48.0 Å². The van der Waals surface area contributed by atoms with Gasteiger partial charge in [0.25, 0.3) is 0 Å². The third kappa shape index (κ3) is 4.01. The van der Waals surface area contributed by atoms with Crippen molar-refractivity contribution in [3.8, 4) is 0 Å². The molecule has 6 rings (SSSR count). The van der Waals surface area contributed by atoms with E-state index >= 15 is 0 Å². The van der Waals surface area contributed by atoms with Crippen molar-refractivity contribution in [2.24, 2.45) is 5.41 Å². The fraction of sp³-hybridized carbons (Fsp3) is 0.238. The minimum absolute atomic E-state index is 0.282. The van der Waals surface area contributed by atoms with Crippen LogP contribution in [-0.2, 0) is 4.74 Å². The Morgan fingerprint density at radius 1 is 0.867 bits per heavy atom. The third-order valence-corrected chi connectivity index (χ3v) is 6.36. The van der Waals surface area contributed by atoms with Crippen molar-refractivity contribution in [3.05, 3.63) is 63.0 Å². The molecule has 2 saturated heterocycles. The van der Waals surface area contributed by atoms with Crippen molar-refractivity contribution in [1.29, 1.82) is 0 Å². The van der Waals surface area contributed by atoms with Crippen LogP contribution in [0.2, 0.25) is 5.28 Å². The molecule has 30 heavy (non-hydrogen) atoms. The first-order valence-corrected chi connectivity index (χ1v) is 11.3. The maximum Gasteiger partial charge on any atom is 0.225 e. The maximum absolute atomic E-state index is 5.62. The van der Waals surface area contributed by atoms with Gasteiger partial charge in [-0.1, -0.05) is 31.9 Å². The normalized spacial score (nSPS) is 16.7. The highest BCUT2D eigenvalue weighted by Gasteiger charge is 2.49. The monoisotopic (exact) mass is 547 g/mol. The van der Waals surface area contributed by atoms with E-state index in [0.717, 1.165) is 63.0 Å². The number of nitrogens with zero attached hydrogens (tertiary/aromatic N) is 5. The summed E-state index contributed by atoms with van der Waals surface area (Å²) in [5.41, 5.74) is 2.25. The van der Waals surface area contributed by atoms with Crippen LogP contribution in [0.5, 0.6) is 0 Å². The molecular formula is C21H16Br2ClN5O.